The summed E-state index contributed by atoms with van der Waals surface area (Å²) in [6.45, 7) is 0.189. The van der Waals surface area contributed by atoms with E-state index in [4.69, 9.17) is 49.3 Å². The van der Waals surface area contributed by atoms with Crippen molar-refractivity contribution in [1.29, 1.82) is 0 Å². The molecule has 0 aliphatic carbocycles. The molecule has 2 aromatic carbocycles. The van der Waals surface area contributed by atoms with Crippen molar-refractivity contribution < 1.29 is 18.7 Å². The number of thiocarbonyl (C=S) groups is 1. The summed E-state index contributed by atoms with van der Waals surface area (Å²) in [6.07, 6.45) is 1.59. The van der Waals surface area contributed by atoms with Gasteiger partial charge in [-0.05, 0) is 48.6 Å². The van der Waals surface area contributed by atoms with Crippen LogP contribution in [0.4, 0.5) is 5.69 Å². The molecule has 1 N–H and O–H groups in total. The molecule has 31 heavy (non-hydrogen) atoms. The Bertz CT molecular complexity index is 1190. The number of hydrogen-bond donors (Lipinski definition) is 1. The van der Waals surface area contributed by atoms with E-state index in [-0.39, 0.29) is 17.6 Å². The summed E-state index contributed by atoms with van der Waals surface area (Å²) in [5, 5.41) is 4.05. The van der Waals surface area contributed by atoms with Crippen LogP contribution in [0.2, 0.25) is 10.0 Å². The van der Waals surface area contributed by atoms with E-state index < -0.39 is 0 Å². The zero-order chi connectivity index (χ0) is 22.0. The van der Waals surface area contributed by atoms with Crippen LogP contribution in [-0.4, -0.2) is 18.1 Å². The third kappa shape index (κ3) is 4.54. The third-order valence-corrected chi connectivity index (χ3v) is 5.47. The second-order valence-corrected chi connectivity index (χ2v) is 7.67. The van der Waals surface area contributed by atoms with Crippen LogP contribution in [0, 0.1) is 0 Å². The number of hydrogen-bond acceptors (Lipinski definition) is 5. The lowest BCUT2D eigenvalue weighted by Gasteiger charge is -2.17. The highest BCUT2D eigenvalue weighted by atomic mass is 35.5. The van der Waals surface area contributed by atoms with Crippen LogP contribution in [0.15, 0.2) is 64.7 Å². The number of halogens is 2. The minimum Gasteiger partial charge on any atom is -0.495 e. The smallest absolute Gasteiger partial charge is 0.281 e. The molecule has 1 saturated heterocycles. The van der Waals surface area contributed by atoms with Crippen LogP contribution in [0.3, 0.4) is 0 Å². The number of para-hydroxylation sites is 2. The number of nitrogens with one attached hydrogen (secondary N) is 1. The van der Waals surface area contributed by atoms with E-state index in [0.29, 0.717) is 44.4 Å². The highest BCUT2D eigenvalue weighted by molar-refractivity contribution is 7.80. The maximum absolute atomic E-state index is 12.9. The number of nitrogens with zero attached hydrogens (tertiary/aromatic N) is 1. The summed E-state index contributed by atoms with van der Waals surface area (Å²) in [5.74, 6) is 1.86. The first-order chi connectivity index (χ1) is 15.0. The Hall–Kier alpha value is -3.00. The number of benzene rings is 2. The zero-order valence-corrected chi connectivity index (χ0v) is 18.6. The molecule has 9 heteroatoms. The molecule has 1 amide bonds. The standard InChI is InChI=1S/C22H16Cl2N2O4S/c1-28-20-5-3-2-4-19(20)26-21(27)18(25-22(26)31)11-14-6-7-15(30-14)12-29-13-8-9-16(23)17(24)10-13/h2-11H,12H2,1H3,(H,25,31)/b18-11+. The maximum atomic E-state index is 12.9. The molecule has 3 aromatic rings. The summed E-state index contributed by atoms with van der Waals surface area (Å²) in [5.41, 5.74) is 0.855. The second-order valence-electron chi connectivity index (χ2n) is 6.47. The van der Waals surface area contributed by atoms with Gasteiger partial charge in [-0.15, -0.1) is 0 Å². The highest BCUT2D eigenvalue weighted by Crippen LogP contribution is 2.31. The molecule has 6 nitrogen and oxygen atoms in total. The van der Waals surface area contributed by atoms with E-state index in [0.717, 1.165) is 0 Å². The molecule has 1 aliphatic rings. The van der Waals surface area contributed by atoms with E-state index in [1.54, 1.807) is 48.5 Å². The topological polar surface area (TPSA) is 63.9 Å². The molecule has 0 saturated carbocycles. The van der Waals surface area contributed by atoms with Crippen LogP contribution < -0.4 is 19.7 Å². The number of amides is 1. The van der Waals surface area contributed by atoms with Crippen molar-refractivity contribution in [3.8, 4) is 11.5 Å². The molecule has 1 fully saturated rings. The van der Waals surface area contributed by atoms with Gasteiger partial charge in [0.15, 0.2) is 5.11 Å². The number of carbonyl (C=O) groups is 1. The van der Waals surface area contributed by atoms with Crippen LogP contribution >= 0.6 is 35.4 Å². The summed E-state index contributed by atoms with van der Waals surface area (Å²) >= 11 is 17.2. The van der Waals surface area contributed by atoms with Crippen molar-refractivity contribution in [2.24, 2.45) is 0 Å². The summed E-state index contributed by atoms with van der Waals surface area (Å²) in [4.78, 5) is 14.3. The van der Waals surface area contributed by atoms with Crippen LogP contribution in [0.5, 0.6) is 11.5 Å². The molecular weight excluding hydrogens is 459 g/mol. The van der Waals surface area contributed by atoms with Gasteiger partial charge in [0, 0.05) is 12.1 Å². The van der Waals surface area contributed by atoms with Gasteiger partial charge in [0.05, 0.1) is 22.8 Å². The van der Waals surface area contributed by atoms with E-state index >= 15 is 0 Å². The molecule has 1 aliphatic heterocycles. The van der Waals surface area contributed by atoms with Gasteiger partial charge in [-0.25, -0.2) is 4.90 Å². The molecule has 4 rings (SSSR count). The number of methoxy groups -OCH3 is 1. The monoisotopic (exact) mass is 474 g/mol. The van der Waals surface area contributed by atoms with Gasteiger partial charge in [0.1, 0.15) is 35.3 Å². The molecule has 0 unspecified atom stereocenters. The maximum Gasteiger partial charge on any atom is 0.281 e. The molecule has 0 radical (unpaired) electrons. The van der Waals surface area contributed by atoms with Crippen molar-refractivity contribution in [3.05, 3.63) is 81.9 Å². The first kappa shape index (κ1) is 21.2. The number of furan rings is 1. The SMILES string of the molecule is COc1ccccc1N1C(=O)/C(=C\c2ccc(COc3ccc(Cl)c(Cl)c3)o2)NC1=S. The normalized spacial score (nSPS) is 14.8. The molecular formula is C22H16Cl2N2O4S. The summed E-state index contributed by atoms with van der Waals surface area (Å²) in [7, 11) is 1.54. The Morgan fingerprint density at radius 3 is 2.71 bits per heavy atom. The van der Waals surface area contributed by atoms with Crippen molar-refractivity contribution in [2.75, 3.05) is 12.0 Å². The molecule has 0 spiro atoms. The summed E-state index contributed by atoms with van der Waals surface area (Å²) in [6, 6.07) is 15.7. The Morgan fingerprint density at radius 1 is 1.13 bits per heavy atom. The lowest BCUT2D eigenvalue weighted by molar-refractivity contribution is -0.113. The fraction of sp³-hybridized carbons (Fsp3) is 0.0909. The number of anilines is 1. The second kappa shape index (κ2) is 9.01. The Morgan fingerprint density at radius 2 is 1.94 bits per heavy atom. The Labute approximate surface area is 193 Å². The van der Waals surface area contributed by atoms with Crippen molar-refractivity contribution >= 4 is 58.2 Å². The van der Waals surface area contributed by atoms with Gasteiger partial charge in [0.2, 0.25) is 0 Å². The molecule has 0 atom stereocenters. The zero-order valence-electron chi connectivity index (χ0n) is 16.2. The van der Waals surface area contributed by atoms with Crippen molar-refractivity contribution in [3.63, 3.8) is 0 Å². The molecule has 158 valence electrons. The van der Waals surface area contributed by atoms with Crippen LogP contribution in [-0.2, 0) is 11.4 Å². The Kier molecular flexibility index (Phi) is 6.18. The van der Waals surface area contributed by atoms with Crippen LogP contribution in [0.1, 0.15) is 11.5 Å². The van der Waals surface area contributed by atoms with Gasteiger partial charge < -0.3 is 19.2 Å². The van der Waals surface area contributed by atoms with Gasteiger partial charge in [-0.2, -0.15) is 0 Å². The van der Waals surface area contributed by atoms with Gasteiger partial charge in [-0.1, -0.05) is 35.3 Å². The average Bonchev–Trinajstić information content (AvgIpc) is 3.32. The first-order valence-corrected chi connectivity index (χ1v) is 10.3. The van der Waals surface area contributed by atoms with Crippen molar-refractivity contribution in [2.45, 2.75) is 6.61 Å². The van der Waals surface area contributed by atoms with Gasteiger partial charge in [0.25, 0.3) is 5.91 Å². The highest BCUT2D eigenvalue weighted by Gasteiger charge is 2.33. The van der Waals surface area contributed by atoms with E-state index in [2.05, 4.69) is 5.32 Å². The predicted octanol–water partition coefficient (Wildman–Crippen LogP) is 5.44. The van der Waals surface area contributed by atoms with Gasteiger partial charge in [-0.3, -0.25) is 4.79 Å². The predicted molar refractivity (Wildman–Crippen MR) is 124 cm³/mol. The van der Waals surface area contributed by atoms with E-state index in [9.17, 15) is 4.79 Å². The fourth-order valence-corrected chi connectivity index (χ4v) is 3.56. The van der Waals surface area contributed by atoms with Crippen molar-refractivity contribution in [1.82, 2.24) is 5.32 Å². The summed E-state index contributed by atoms with van der Waals surface area (Å²) < 4.78 is 16.8. The number of rotatable bonds is 6. The molecule has 2 heterocycles. The fourth-order valence-electron chi connectivity index (χ4n) is 2.98. The lowest BCUT2D eigenvalue weighted by Crippen LogP contribution is -2.30. The first-order valence-electron chi connectivity index (χ1n) is 9.13. The quantitative estimate of drug-likeness (QED) is 0.379. The molecule has 0 bridgehead atoms. The van der Waals surface area contributed by atoms with Crippen LogP contribution in [0.25, 0.3) is 6.08 Å². The number of carbonyl (C=O) groups excluding carboxylic acids is 1. The number of ether oxygens (including phenoxy) is 2. The van der Waals surface area contributed by atoms with Gasteiger partial charge >= 0.3 is 0 Å². The minimum absolute atomic E-state index is 0.189. The average molecular weight is 475 g/mol. The third-order valence-electron chi connectivity index (χ3n) is 4.45. The Balaban J connectivity index is 1.48. The van der Waals surface area contributed by atoms with E-state index in [1.807, 2.05) is 12.1 Å². The van der Waals surface area contributed by atoms with E-state index in [1.165, 1.54) is 12.0 Å². The minimum atomic E-state index is -0.306. The molecule has 1 aromatic heterocycles. The lowest BCUT2D eigenvalue weighted by atomic mass is 10.2. The largest absolute Gasteiger partial charge is 0.495 e.